The lowest BCUT2D eigenvalue weighted by molar-refractivity contribution is 0.909. The molecule has 4 nitrogen and oxygen atoms in total. The van der Waals surface area contributed by atoms with Gasteiger partial charge < -0.3 is 0 Å². The van der Waals surface area contributed by atoms with Crippen LogP contribution in [0.25, 0.3) is 4.96 Å². The molecule has 6 heteroatoms. The van der Waals surface area contributed by atoms with Crippen LogP contribution in [0, 0.1) is 0 Å². The van der Waals surface area contributed by atoms with E-state index in [2.05, 4.69) is 15.3 Å². The highest BCUT2D eigenvalue weighted by molar-refractivity contribution is 7.16. The molecule has 16 heavy (non-hydrogen) atoms. The average molecular weight is 251 g/mol. The highest BCUT2D eigenvalue weighted by Gasteiger charge is 2.05. The van der Waals surface area contributed by atoms with Gasteiger partial charge in [-0.15, -0.1) is 10.2 Å². The summed E-state index contributed by atoms with van der Waals surface area (Å²) < 4.78 is 1.69. The summed E-state index contributed by atoms with van der Waals surface area (Å²) in [6.07, 6.45) is 2.41. The molecule has 0 atom stereocenters. The quantitative estimate of drug-likeness (QED) is 0.702. The van der Waals surface area contributed by atoms with Gasteiger partial charge in [0, 0.05) is 11.4 Å². The Kier molecular flexibility index (Phi) is 2.34. The van der Waals surface area contributed by atoms with Gasteiger partial charge in [0.15, 0.2) is 0 Å². The molecular formula is C10H7ClN4S. The molecular weight excluding hydrogens is 244 g/mol. The summed E-state index contributed by atoms with van der Waals surface area (Å²) in [6.45, 7) is 0. The van der Waals surface area contributed by atoms with Crippen molar-refractivity contribution in [2.24, 2.45) is 0 Å². The number of benzene rings is 1. The molecule has 0 unspecified atom stereocenters. The van der Waals surface area contributed by atoms with Crippen LogP contribution < -0.4 is 0 Å². The number of rotatable bonds is 2. The van der Waals surface area contributed by atoms with Crippen LogP contribution in [0.4, 0.5) is 0 Å². The van der Waals surface area contributed by atoms with Crippen LogP contribution in [0.2, 0.25) is 5.02 Å². The Morgan fingerprint density at radius 1 is 1.25 bits per heavy atom. The van der Waals surface area contributed by atoms with Gasteiger partial charge in [-0.1, -0.05) is 35.1 Å². The van der Waals surface area contributed by atoms with E-state index in [1.165, 1.54) is 5.56 Å². The number of hydrogen-bond donors (Lipinski definition) is 0. The van der Waals surface area contributed by atoms with Crippen molar-refractivity contribution in [2.75, 3.05) is 0 Å². The summed E-state index contributed by atoms with van der Waals surface area (Å²) in [7, 11) is 0. The third kappa shape index (κ3) is 1.79. The van der Waals surface area contributed by atoms with E-state index in [1.807, 2.05) is 24.3 Å². The van der Waals surface area contributed by atoms with Crippen molar-refractivity contribution in [3.05, 3.63) is 46.2 Å². The summed E-state index contributed by atoms with van der Waals surface area (Å²) in [6, 6.07) is 7.78. The predicted molar refractivity (Wildman–Crippen MR) is 62.9 cm³/mol. The minimum absolute atomic E-state index is 0.752. The average Bonchev–Trinajstić information content (AvgIpc) is 2.81. The normalized spacial score (nSPS) is 11.1. The first kappa shape index (κ1) is 9.74. The third-order valence-electron chi connectivity index (χ3n) is 2.20. The van der Waals surface area contributed by atoms with Gasteiger partial charge in [-0.3, -0.25) is 0 Å². The summed E-state index contributed by atoms with van der Waals surface area (Å²) in [5.41, 5.74) is 1.19. The first-order valence-electron chi connectivity index (χ1n) is 4.71. The van der Waals surface area contributed by atoms with E-state index in [0.717, 1.165) is 21.4 Å². The van der Waals surface area contributed by atoms with Gasteiger partial charge in [0.2, 0.25) is 4.96 Å². The summed E-state index contributed by atoms with van der Waals surface area (Å²) >= 11 is 7.37. The topological polar surface area (TPSA) is 43.1 Å². The molecule has 0 spiro atoms. The fourth-order valence-electron chi connectivity index (χ4n) is 1.45. The molecule has 2 aromatic heterocycles. The van der Waals surface area contributed by atoms with Gasteiger partial charge in [0.1, 0.15) is 11.3 Å². The largest absolute Gasteiger partial charge is 0.234 e. The Balaban J connectivity index is 1.89. The van der Waals surface area contributed by atoms with Gasteiger partial charge >= 0.3 is 0 Å². The van der Waals surface area contributed by atoms with Crippen molar-refractivity contribution < 1.29 is 0 Å². The number of aromatic nitrogens is 4. The van der Waals surface area contributed by atoms with Crippen molar-refractivity contribution in [2.45, 2.75) is 6.42 Å². The van der Waals surface area contributed by atoms with E-state index in [9.17, 15) is 0 Å². The fraction of sp³-hybridized carbons (Fsp3) is 0.100. The molecule has 0 aliphatic carbocycles. The zero-order chi connectivity index (χ0) is 11.0. The van der Waals surface area contributed by atoms with Crippen LogP contribution in [-0.2, 0) is 6.42 Å². The second-order valence-corrected chi connectivity index (χ2v) is 4.83. The molecule has 2 heterocycles. The van der Waals surface area contributed by atoms with Crippen molar-refractivity contribution >= 4 is 27.9 Å². The first-order chi connectivity index (χ1) is 7.81. The minimum Gasteiger partial charge on any atom is -0.190 e. The van der Waals surface area contributed by atoms with Gasteiger partial charge in [-0.25, -0.2) is 0 Å². The number of fused-ring (bicyclic) bond motifs is 1. The number of hydrogen-bond acceptors (Lipinski definition) is 4. The Morgan fingerprint density at radius 2 is 2.06 bits per heavy atom. The molecule has 0 amide bonds. The van der Waals surface area contributed by atoms with Gasteiger partial charge in [-0.2, -0.15) is 9.61 Å². The highest BCUT2D eigenvalue weighted by atomic mass is 35.5. The third-order valence-corrected chi connectivity index (χ3v) is 3.36. The Bertz CT molecular complexity index is 585. The molecule has 3 aromatic rings. The predicted octanol–water partition coefficient (Wildman–Crippen LogP) is 2.43. The number of halogens is 1. The lowest BCUT2D eigenvalue weighted by Crippen LogP contribution is -1.89. The van der Waals surface area contributed by atoms with E-state index in [4.69, 9.17) is 11.6 Å². The fourth-order valence-corrected chi connectivity index (χ4v) is 2.42. The van der Waals surface area contributed by atoms with E-state index < -0.39 is 0 Å². The lowest BCUT2D eigenvalue weighted by Gasteiger charge is -1.96. The summed E-state index contributed by atoms with van der Waals surface area (Å²) in [5.74, 6) is 0. The van der Waals surface area contributed by atoms with E-state index in [1.54, 1.807) is 22.2 Å². The molecule has 0 aliphatic rings. The van der Waals surface area contributed by atoms with Crippen LogP contribution in [0.15, 0.2) is 30.6 Å². The van der Waals surface area contributed by atoms with E-state index in [0.29, 0.717) is 0 Å². The monoisotopic (exact) mass is 250 g/mol. The molecule has 1 aromatic carbocycles. The maximum absolute atomic E-state index is 5.83. The van der Waals surface area contributed by atoms with Gasteiger partial charge in [-0.05, 0) is 17.7 Å². The molecule has 0 saturated carbocycles. The summed E-state index contributed by atoms with van der Waals surface area (Å²) in [4.78, 5) is 0.823. The maximum Gasteiger partial charge on any atom is 0.234 e. The molecule has 0 fully saturated rings. The maximum atomic E-state index is 5.83. The molecule has 0 bridgehead atoms. The van der Waals surface area contributed by atoms with Crippen LogP contribution in [0.1, 0.15) is 10.6 Å². The van der Waals surface area contributed by atoms with Crippen molar-refractivity contribution in [3.63, 3.8) is 0 Å². The van der Waals surface area contributed by atoms with Gasteiger partial charge in [0.25, 0.3) is 0 Å². The van der Waals surface area contributed by atoms with Crippen molar-refractivity contribution in [1.82, 2.24) is 19.8 Å². The van der Waals surface area contributed by atoms with E-state index in [-0.39, 0.29) is 0 Å². The molecule has 80 valence electrons. The van der Waals surface area contributed by atoms with Crippen LogP contribution in [0.3, 0.4) is 0 Å². The Hall–Kier alpha value is -1.46. The van der Waals surface area contributed by atoms with Crippen LogP contribution in [0.5, 0.6) is 0 Å². The van der Waals surface area contributed by atoms with Crippen LogP contribution in [-0.4, -0.2) is 19.8 Å². The number of nitrogens with zero attached hydrogens (tertiary/aromatic N) is 4. The molecule has 0 saturated heterocycles. The Labute approximate surface area is 101 Å². The highest BCUT2D eigenvalue weighted by Crippen LogP contribution is 2.17. The standard InChI is InChI=1S/C10H7ClN4S/c11-8-3-1-7(2-4-8)5-9-14-15-6-12-13-10(15)16-9/h1-4,6H,5H2. The lowest BCUT2D eigenvalue weighted by atomic mass is 10.2. The molecule has 0 N–H and O–H groups in total. The zero-order valence-electron chi connectivity index (χ0n) is 8.17. The minimum atomic E-state index is 0.752. The SMILES string of the molecule is Clc1ccc(Cc2nn3cnnc3s2)cc1. The van der Waals surface area contributed by atoms with Crippen LogP contribution >= 0.6 is 22.9 Å². The Morgan fingerprint density at radius 3 is 2.81 bits per heavy atom. The van der Waals surface area contributed by atoms with Crippen molar-refractivity contribution in [3.8, 4) is 0 Å². The molecule has 0 aliphatic heterocycles. The second kappa shape index (κ2) is 3.84. The first-order valence-corrected chi connectivity index (χ1v) is 5.91. The molecule has 0 radical (unpaired) electrons. The smallest absolute Gasteiger partial charge is 0.190 e. The molecule has 3 rings (SSSR count). The second-order valence-electron chi connectivity index (χ2n) is 3.36. The van der Waals surface area contributed by atoms with E-state index >= 15 is 0 Å². The summed E-state index contributed by atoms with van der Waals surface area (Å²) in [5, 5.41) is 13.8. The van der Waals surface area contributed by atoms with Crippen molar-refractivity contribution in [1.29, 1.82) is 0 Å². The van der Waals surface area contributed by atoms with Gasteiger partial charge in [0.05, 0.1) is 0 Å². The zero-order valence-corrected chi connectivity index (χ0v) is 9.74.